The average molecular weight is 271 g/mol. The van der Waals surface area contributed by atoms with Gasteiger partial charge in [0.25, 0.3) is 0 Å². The smallest absolute Gasteiger partial charge is 0.320 e. The van der Waals surface area contributed by atoms with Crippen molar-refractivity contribution in [1.29, 1.82) is 0 Å². The molecule has 1 aromatic carbocycles. The molecule has 5 heteroatoms. The third-order valence-corrected chi connectivity index (χ3v) is 2.63. The number of rotatable bonds is 2. The number of hydrogen-bond acceptors (Lipinski definition) is 3. The predicted octanol–water partition coefficient (Wildman–Crippen LogP) is 1.05. The molecular formula is C15H14FN3O. The van der Waals surface area contributed by atoms with Gasteiger partial charge in [-0.15, -0.1) is 0 Å². The van der Waals surface area contributed by atoms with E-state index in [1.165, 1.54) is 22.9 Å². The van der Waals surface area contributed by atoms with Gasteiger partial charge in [-0.3, -0.25) is 4.57 Å². The van der Waals surface area contributed by atoms with Gasteiger partial charge in [-0.25, -0.2) is 14.2 Å². The van der Waals surface area contributed by atoms with Crippen LogP contribution in [-0.4, -0.2) is 16.1 Å². The topological polar surface area (TPSA) is 60.9 Å². The number of aromatic nitrogens is 2. The fourth-order valence-electron chi connectivity index (χ4n) is 1.84. The van der Waals surface area contributed by atoms with Crippen molar-refractivity contribution in [1.82, 2.24) is 9.55 Å². The Labute approximate surface area is 116 Å². The summed E-state index contributed by atoms with van der Waals surface area (Å²) in [7, 11) is 0. The molecule has 0 radical (unpaired) electrons. The highest BCUT2D eigenvalue weighted by Gasteiger charge is 2.03. The molecule has 0 spiro atoms. The number of halogens is 1. The maximum atomic E-state index is 13.5. The summed E-state index contributed by atoms with van der Waals surface area (Å²) in [6.07, 6.45) is 3.19. The minimum Gasteiger partial charge on any atom is -0.320 e. The molecule has 20 heavy (non-hydrogen) atoms. The lowest BCUT2D eigenvalue weighted by molar-refractivity contribution is 0.621. The van der Waals surface area contributed by atoms with E-state index >= 15 is 0 Å². The summed E-state index contributed by atoms with van der Waals surface area (Å²) in [5.41, 5.74) is 6.98. The largest absolute Gasteiger partial charge is 0.347 e. The standard InChI is InChI=1S/C15H14FN3O/c1-11-8-18-15(20)19(9-11)10-13-5-12(3-2-4-17)6-14(16)7-13/h5-9H,4,10,17H2,1H3. The quantitative estimate of drug-likeness (QED) is 0.830. The molecule has 0 bridgehead atoms. The van der Waals surface area contributed by atoms with Crippen LogP contribution >= 0.6 is 0 Å². The van der Waals surface area contributed by atoms with Gasteiger partial charge in [-0.05, 0) is 36.2 Å². The number of nitrogens with zero attached hydrogens (tertiary/aromatic N) is 2. The van der Waals surface area contributed by atoms with Gasteiger partial charge in [-0.1, -0.05) is 11.8 Å². The third-order valence-electron chi connectivity index (χ3n) is 2.63. The number of hydrogen-bond donors (Lipinski definition) is 1. The molecule has 2 rings (SSSR count). The summed E-state index contributed by atoms with van der Waals surface area (Å²) >= 11 is 0. The number of nitrogens with two attached hydrogens (primary N) is 1. The lowest BCUT2D eigenvalue weighted by Crippen LogP contribution is -2.22. The van der Waals surface area contributed by atoms with Crippen molar-refractivity contribution in [3.05, 3.63) is 63.6 Å². The van der Waals surface area contributed by atoms with E-state index in [2.05, 4.69) is 16.8 Å². The molecule has 0 unspecified atom stereocenters. The lowest BCUT2D eigenvalue weighted by atomic mass is 10.1. The second kappa shape index (κ2) is 6.13. The van der Waals surface area contributed by atoms with Crippen LogP contribution in [0.4, 0.5) is 4.39 Å². The monoisotopic (exact) mass is 271 g/mol. The SMILES string of the molecule is Cc1cnc(=O)n(Cc2cc(F)cc(C#CCN)c2)c1. The molecule has 1 aromatic heterocycles. The molecule has 0 aliphatic heterocycles. The van der Waals surface area contributed by atoms with Crippen LogP contribution < -0.4 is 11.4 Å². The highest BCUT2D eigenvalue weighted by molar-refractivity contribution is 5.38. The van der Waals surface area contributed by atoms with Crippen LogP contribution in [-0.2, 0) is 6.54 Å². The van der Waals surface area contributed by atoms with Crippen molar-refractivity contribution in [3.8, 4) is 11.8 Å². The lowest BCUT2D eigenvalue weighted by Gasteiger charge is -2.06. The van der Waals surface area contributed by atoms with Crippen LogP contribution in [0, 0.1) is 24.6 Å². The van der Waals surface area contributed by atoms with Gasteiger partial charge in [0.1, 0.15) is 5.82 Å². The summed E-state index contributed by atoms with van der Waals surface area (Å²) in [4.78, 5) is 15.4. The van der Waals surface area contributed by atoms with E-state index in [1.54, 1.807) is 12.3 Å². The molecule has 4 nitrogen and oxygen atoms in total. The first-order valence-corrected chi connectivity index (χ1v) is 6.10. The van der Waals surface area contributed by atoms with Crippen LogP contribution in [0.15, 0.2) is 35.4 Å². The van der Waals surface area contributed by atoms with Crippen molar-refractivity contribution in [2.24, 2.45) is 5.73 Å². The van der Waals surface area contributed by atoms with E-state index in [4.69, 9.17) is 5.73 Å². The van der Waals surface area contributed by atoms with E-state index < -0.39 is 5.82 Å². The Hall–Kier alpha value is -2.45. The van der Waals surface area contributed by atoms with Crippen molar-refractivity contribution in [2.45, 2.75) is 13.5 Å². The molecule has 0 saturated carbocycles. The summed E-state index contributed by atoms with van der Waals surface area (Å²) in [6, 6.07) is 4.45. The van der Waals surface area contributed by atoms with Gasteiger partial charge in [0.2, 0.25) is 0 Å². The van der Waals surface area contributed by atoms with Crippen molar-refractivity contribution in [2.75, 3.05) is 6.54 Å². The predicted molar refractivity (Wildman–Crippen MR) is 74.7 cm³/mol. The van der Waals surface area contributed by atoms with Gasteiger partial charge in [0.05, 0.1) is 13.1 Å². The summed E-state index contributed by atoms with van der Waals surface area (Å²) < 4.78 is 15.0. The fraction of sp³-hybridized carbons (Fsp3) is 0.200. The Kier molecular flexibility index (Phi) is 4.28. The molecule has 102 valence electrons. The van der Waals surface area contributed by atoms with Gasteiger partial charge < -0.3 is 5.73 Å². The Balaban J connectivity index is 2.36. The Morgan fingerprint density at radius 1 is 1.40 bits per heavy atom. The van der Waals surface area contributed by atoms with E-state index in [0.717, 1.165) is 5.56 Å². The molecule has 0 atom stereocenters. The molecular weight excluding hydrogens is 257 g/mol. The molecule has 0 aliphatic rings. The molecule has 0 fully saturated rings. The Morgan fingerprint density at radius 2 is 2.20 bits per heavy atom. The van der Waals surface area contributed by atoms with Crippen LogP contribution in [0.5, 0.6) is 0 Å². The summed E-state index contributed by atoms with van der Waals surface area (Å²) in [5.74, 6) is 5.06. The summed E-state index contributed by atoms with van der Waals surface area (Å²) in [6.45, 7) is 2.31. The summed E-state index contributed by atoms with van der Waals surface area (Å²) in [5, 5.41) is 0. The molecule has 0 aliphatic carbocycles. The van der Waals surface area contributed by atoms with E-state index in [0.29, 0.717) is 11.1 Å². The first kappa shape index (κ1) is 14.0. The second-order valence-corrected chi connectivity index (χ2v) is 4.40. The third kappa shape index (κ3) is 3.53. The zero-order valence-corrected chi connectivity index (χ0v) is 11.1. The van der Waals surface area contributed by atoms with Crippen LogP contribution in [0.25, 0.3) is 0 Å². The molecule has 0 saturated heterocycles. The highest BCUT2D eigenvalue weighted by Crippen LogP contribution is 2.09. The van der Waals surface area contributed by atoms with Crippen LogP contribution in [0.2, 0.25) is 0 Å². The van der Waals surface area contributed by atoms with Gasteiger partial charge in [-0.2, -0.15) is 0 Å². The maximum Gasteiger partial charge on any atom is 0.347 e. The average Bonchev–Trinajstić information content (AvgIpc) is 2.40. The first-order chi connectivity index (χ1) is 9.58. The highest BCUT2D eigenvalue weighted by atomic mass is 19.1. The first-order valence-electron chi connectivity index (χ1n) is 6.10. The van der Waals surface area contributed by atoms with Crippen molar-refractivity contribution in [3.63, 3.8) is 0 Å². The van der Waals surface area contributed by atoms with E-state index in [9.17, 15) is 9.18 Å². The minimum absolute atomic E-state index is 0.215. The molecule has 2 aromatic rings. The number of benzene rings is 1. The van der Waals surface area contributed by atoms with Crippen LogP contribution in [0.1, 0.15) is 16.7 Å². The number of aryl methyl sites for hydroxylation is 1. The van der Waals surface area contributed by atoms with Crippen molar-refractivity contribution < 1.29 is 4.39 Å². The molecule has 1 heterocycles. The molecule has 2 N–H and O–H groups in total. The van der Waals surface area contributed by atoms with Crippen LogP contribution in [0.3, 0.4) is 0 Å². The van der Waals surface area contributed by atoms with E-state index in [1.807, 2.05) is 6.92 Å². The van der Waals surface area contributed by atoms with Gasteiger partial charge in [0.15, 0.2) is 0 Å². The van der Waals surface area contributed by atoms with Gasteiger partial charge in [0, 0.05) is 18.0 Å². The maximum absolute atomic E-state index is 13.5. The Bertz CT molecular complexity index is 741. The zero-order valence-electron chi connectivity index (χ0n) is 11.1. The zero-order chi connectivity index (χ0) is 14.5. The Morgan fingerprint density at radius 3 is 2.95 bits per heavy atom. The second-order valence-electron chi connectivity index (χ2n) is 4.40. The van der Waals surface area contributed by atoms with Gasteiger partial charge >= 0.3 is 5.69 Å². The van der Waals surface area contributed by atoms with Crippen molar-refractivity contribution >= 4 is 0 Å². The normalized spacial score (nSPS) is 9.95. The minimum atomic E-state index is -0.391. The molecule has 0 amide bonds. The fourth-order valence-corrected chi connectivity index (χ4v) is 1.84. The van der Waals surface area contributed by atoms with E-state index in [-0.39, 0.29) is 18.8 Å².